The normalized spacial score (nSPS) is 12.9. The molecule has 4 nitrogen and oxygen atoms in total. The maximum absolute atomic E-state index is 6.27. The second kappa shape index (κ2) is 5.11. The van der Waals surface area contributed by atoms with Crippen LogP contribution in [0.25, 0.3) is 10.2 Å². The molecule has 0 aliphatic carbocycles. The molecule has 0 amide bonds. The minimum absolute atomic E-state index is 0.0338. The number of rotatable bonds is 4. The maximum atomic E-state index is 6.27. The molecule has 0 bridgehead atoms. The largest absolute Gasteiger partial charge is 0.324 e. The molecule has 19 heavy (non-hydrogen) atoms. The summed E-state index contributed by atoms with van der Waals surface area (Å²) in [6, 6.07) is 4.14. The first-order chi connectivity index (χ1) is 9.26. The number of fused-ring (bicyclic) bond motifs is 1. The van der Waals surface area contributed by atoms with Crippen molar-refractivity contribution in [3.63, 3.8) is 0 Å². The molecule has 3 heterocycles. The molecule has 1 unspecified atom stereocenters. The molecule has 0 saturated heterocycles. The average molecular weight is 272 g/mol. The Morgan fingerprint density at radius 3 is 3.11 bits per heavy atom. The molecule has 1 atom stereocenters. The second-order valence-electron chi connectivity index (χ2n) is 4.59. The molecule has 0 aliphatic heterocycles. The van der Waals surface area contributed by atoms with Crippen LogP contribution in [0.5, 0.6) is 0 Å². The number of aromatic nitrogens is 3. The number of aryl methyl sites for hydroxylation is 1. The smallest absolute Gasteiger partial charge is 0.0809 e. The molecule has 2 N–H and O–H groups in total. The van der Waals surface area contributed by atoms with Gasteiger partial charge in [0.15, 0.2) is 0 Å². The highest BCUT2D eigenvalue weighted by atomic mass is 32.1. The summed E-state index contributed by atoms with van der Waals surface area (Å²) in [5.41, 5.74) is 9.56. The van der Waals surface area contributed by atoms with E-state index in [-0.39, 0.29) is 6.04 Å². The number of pyridine rings is 1. The number of hydrogen-bond donors (Lipinski definition) is 1. The van der Waals surface area contributed by atoms with E-state index in [1.165, 1.54) is 10.3 Å². The van der Waals surface area contributed by atoms with E-state index in [1.807, 2.05) is 23.1 Å². The van der Waals surface area contributed by atoms with Crippen molar-refractivity contribution in [2.24, 2.45) is 5.73 Å². The molecule has 0 radical (unpaired) electrons. The molecule has 5 heteroatoms. The first-order valence-corrected chi connectivity index (χ1v) is 7.24. The Morgan fingerprint density at radius 1 is 1.42 bits per heavy atom. The number of nitrogens with zero attached hydrogens (tertiary/aromatic N) is 3. The minimum Gasteiger partial charge on any atom is -0.324 e. The zero-order valence-electron chi connectivity index (χ0n) is 10.8. The molecule has 0 aliphatic rings. The van der Waals surface area contributed by atoms with Crippen LogP contribution in [0.4, 0.5) is 0 Å². The molecular formula is C14H16N4S. The van der Waals surface area contributed by atoms with E-state index in [2.05, 4.69) is 34.6 Å². The standard InChI is InChI=1S/C14H16N4S/c1-2-18-9-10(7-17-18)5-12(15)11-6-14-13(16-8-11)3-4-19-14/h3-4,6-9,12H,2,5,15H2,1H3. The van der Waals surface area contributed by atoms with E-state index in [9.17, 15) is 0 Å². The van der Waals surface area contributed by atoms with E-state index in [0.717, 1.165) is 24.0 Å². The van der Waals surface area contributed by atoms with Crippen molar-refractivity contribution in [3.8, 4) is 0 Å². The van der Waals surface area contributed by atoms with Crippen molar-refractivity contribution in [1.82, 2.24) is 14.8 Å². The van der Waals surface area contributed by atoms with Crippen LogP contribution in [0.15, 0.2) is 36.1 Å². The van der Waals surface area contributed by atoms with E-state index in [0.29, 0.717) is 0 Å². The highest BCUT2D eigenvalue weighted by molar-refractivity contribution is 7.17. The van der Waals surface area contributed by atoms with Gasteiger partial charge in [-0.2, -0.15) is 5.10 Å². The van der Waals surface area contributed by atoms with Gasteiger partial charge in [0.1, 0.15) is 0 Å². The van der Waals surface area contributed by atoms with Gasteiger partial charge in [-0.25, -0.2) is 0 Å². The van der Waals surface area contributed by atoms with Crippen molar-refractivity contribution in [1.29, 1.82) is 0 Å². The molecule has 3 rings (SSSR count). The molecule has 3 aromatic heterocycles. The topological polar surface area (TPSA) is 56.7 Å². The lowest BCUT2D eigenvalue weighted by Crippen LogP contribution is -2.13. The lowest BCUT2D eigenvalue weighted by atomic mass is 10.0. The average Bonchev–Trinajstić information content (AvgIpc) is 3.05. The lowest BCUT2D eigenvalue weighted by molar-refractivity contribution is 0.657. The van der Waals surface area contributed by atoms with Gasteiger partial charge >= 0.3 is 0 Å². The molecule has 0 aromatic carbocycles. The van der Waals surface area contributed by atoms with Crippen LogP contribution in [-0.2, 0) is 13.0 Å². The second-order valence-corrected chi connectivity index (χ2v) is 5.54. The predicted octanol–water partition coefficient (Wildman–Crippen LogP) is 2.76. The highest BCUT2D eigenvalue weighted by Crippen LogP contribution is 2.23. The Labute approximate surface area is 115 Å². The van der Waals surface area contributed by atoms with Crippen molar-refractivity contribution in [3.05, 3.63) is 47.2 Å². The Bertz CT molecular complexity index is 685. The van der Waals surface area contributed by atoms with Gasteiger partial charge in [-0.1, -0.05) is 0 Å². The van der Waals surface area contributed by atoms with Crippen molar-refractivity contribution < 1.29 is 0 Å². The third-order valence-corrected chi connectivity index (χ3v) is 4.07. The Balaban J connectivity index is 1.80. The van der Waals surface area contributed by atoms with Gasteiger partial charge in [-0.3, -0.25) is 9.67 Å². The molecule has 0 saturated carbocycles. The van der Waals surface area contributed by atoms with Gasteiger partial charge in [0.05, 0.1) is 16.4 Å². The number of hydrogen-bond acceptors (Lipinski definition) is 4. The summed E-state index contributed by atoms with van der Waals surface area (Å²) in [5.74, 6) is 0. The van der Waals surface area contributed by atoms with Crippen LogP contribution >= 0.6 is 11.3 Å². The fourth-order valence-electron chi connectivity index (χ4n) is 2.12. The van der Waals surface area contributed by atoms with Gasteiger partial charge in [-0.05, 0) is 42.0 Å². The summed E-state index contributed by atoms with van der Waals surface area (Å²) in [4.78, 5) is 4.43. The van der Waals surface area contributed by atoms with Crippen molar-refractivity contribution in [2.45, 2.75) is 25.9 Å². The van der Waals surface area contributed by atoms with Gasteiger partial charge in [-0.15, -0.1) is 11.3 Å². The van der Waals surface area contributed by atoms with E-state index in [4.69, 9.17) is 5.73 Å². The van der Waals surface area contributed by atoms with Crippen LogP contribution in [0.2, 0.25) is 0 Å². The Hall–Kier alpha value is -1.72. The molecular weight excluding hydrogens is 256 g/mol. The van der Waals surface area contributed by atoms with Crippen molar-refractivity contribution >= 4 is 21.6 Å². The first-order valence-electron chi connectivity index (χ1n) is 6.36. The summed E-state index contributed by atoms with van der Waals surface area (Å²) < 4.78 is 3.11. The van der Waals surface area contributed by atoms with Gasteiger partial charge < -0.3 is 5.73 Å². The van der Waals surface area contributed by atoms with Crippen molar-refractivity contribution in [2.75, 3.05) is 0 Å². The zero-order chi connectivity index (χ0) is 13.2. The zero-order valence-corrected chi connectivity index (χ0v) is 11.6. The van der Waals surface area contributed by atoms with Crippen LogP contribution in [-0.4, -0.2) is 14.8 Å². The number of thiophene rings is 1. The van der Waals surface area contributed by atoms with Crippen LogP contribution in [0.1, 0.15) is 24.1 Å². The minimum atomic E-state index is -0.0338. The predicted molar refractivity (Wildman–Crippen MR) is 78.2 cm³/mol. The number of nitrogens with two attached hydrogens (primary N) is 1. The summed E-state index contributed by atoms with van der Waals surface area (Å²) in [7, 11) is 0. The van der Waals surface area contributed by atoms with Gasteiger partial charge in [0.25, 0.3) is 0 Å². The lowest BCUT2D eigenvalue weighted by Gasteiger charge is -2.10. The quantitative estimate of drug-likeness (QED) is 0.794. The third kappa shape index (κ3) is 2.52. The van der Waals surface area contributed by atoms with Gasteiger partial charge in [0, 0.05) is 25.0 Å². The van der Waals surface area contributed by atoms with Crippen LogP contribution in [0, 0.1) is 0 Å². The van der Waals surface area contributed by atoms with Gasteiger partial charge in [0.2, 0.25) is 0 Å². The van der Waals surface area contributed by atoms with E-state index >= 15 is 0 Å². The fourth-order valence-corrected chi connectivity index (χ4v) is 2.91. The molecule has 0 fully saturated rings. The summed E-state index contributed by atoms with van der Waals surface area (Å²) in [5, 5.41) is 6.32. The Kier molecular flexibility index (Phi) is 3.31. The highest BCUT2D eigenvalue weighted by Gasteiger charge is 2.10. The summed E-state index contributed by atoms with van der Waals surface area (Å²) in [6.45, 7) is 2.96. The van der Waals surface area contributed by atoms with E-state index in [1.54, 1.807) is 11.3 Å². The summed E-state index contributed by atoms with van der Waals surface area (Å²) >= 11 is 1.70. The molecule has 3 aromatic rings. The van der Waals surface area contributed by atoms with E-state index < -0.39 is 0 Å². The SMILES string of the molecule is CCn1cc(CC(N)c2cnc3ccsc3c2)cn1. The third-order valence-electron chi connectivity index (χ3n) is 3.22. The Morgan fingerprint density at radius 2 is 2.32 bits per heavy atom. The van der Waals surface area contributed by atoms with Crippen LogP contribution < -0.4 is 5.73 Å². The fraction of sp³-hybridized carbons (Fsp3) is 0.286. The maximum Gasteiger partial charge on any atom is 0.0809 e. The monoisotopic (exact) mass is 272 g/mol. The first kappa shape index (κ1) is 12.3. The molecule has 0 spiro atoms. The summed E-state index contributed by atoms with van der Waals surface area (Å²) in [6.07, 6.45) is 6.61. The molecule has 98 valence electrons. The van der Waals surface area contributed by atoms with Crippen LogP contribution in [0.3, 0.4) is 0 Å².